The Bertz CT molecular complexity index is 838. The second-order valence-corrected chi connectivity index (χ2v) is 7.03. The maximum absolute atomic E-state index is 13.8. The number of carboxylic acid groups (broad SMARTS) is 2. The normalized spacial score (nSPS) is 13.5. The van der Waals surface area contributed by atoms with Crippen molar-refractivity contribution in [3.8, 4) is 0 Å². The number of rotatable bonds is 10. The zero-order valence-corrected chi connectivity index (χ0v) is 15.6. The molecule has 1 aromatic carbocycles. The average molecular weight is 395 g/mol. The molecule has 0 aliphatic heterocycles. The van der Waals surface area contributed by atoms with Gasteiger partial charge in [0.25, 0.3) is 0 Å². The van der Waals surface area contributed by atoms with Gasteiger partial charge in [0.05, 0.1) is 18.6 Å². The summed E-state index contributed by atoms with van der Waals surface area (Å²) < 4.78 is 28.6. The van der Waals surface area contributed by atoms with Crippen molar-refractivity contribution in [3.63, 3.8) is 0 Å². The van der Waals surface area contributed by atoms with E-state index in [1.165, 1.54) is 29.2 Å². The summed E-state index contributed by atoms with van der Waals surface area (Å²) in [6.45, 7) is 3.73. The van der Waals surface area contributed by atoms with Crippen LogP contribution >= 0.6 is 0 Å². The molecule has 2 atom stereocenters. The molecule has 1 heterocycles. The summed E-state index contributed by atoms with van der Waals surface area (Å²) in [5.41, 5.74) is 0.533. The van der Waals surface area contributed by atoms with Gasteiger partial charge in [0.2, 0.25) is 0 Å². The Morgan fingerprint density at radius 1 is 1.18 bits per heavy atom. The van der Waals surface area contributed by atoms with Crippen molar-refractivity contribution in [1.82, 2.24) is 14.9 Å². The third kappa shape index (κ3) is 5.85. The first kappa shape index (κ1) is 21.5. The van der Waals surface area contributed by atoms with Gasteiger partial charge in [0, 0.05) is 18.2 Å². The highest BCUT2D eigenvalue weighted by Crippen LogP contribution is 2.14. The largest absolute Gasteiger partial charge is 0.480 e. The maximum atomic E-state index is 13.8. The second-order valence-electron chi connectivity index (χ2n) is 7.03. The third-order valence-electron chi connectivity index (χ3n) is 4.19. The number of aromatic nitrogens is 2. The number of nitrogens with zero attached hydrogens (tertiary/aromatic N) is 2. The molecule has 0 amide bonds. The third-order valence-corrected chi connectivity index (χ3v) is 4.19. The highest BCUT2D eigenvalue weighted by Gasteiger charge is 2.27. The lowest BCUT2D eigenvalue weighted by Gasteiger charge is -2.21. The molecular formula is C19H23F2N3O4. The molecule has 7 nitrogen and oxygen atoms in total. The van der Waals surface area contributed by atoms with Crippen molar-refractivity contribution >= 4 is 11.9 Å². The van der Waals surface area contributed by atoms with E-state index in [0.29, 0.717) is 5.69 Å². The Balaban J connectivity index is 2.09. The zero-order valence-electron chi connectivity index (χ0n) is 15.6. The number of benzene rings is 1. The SMILES string of the molecule is CC(C)CC(N[C@@H](Cc1cn(Cc2cccc(F)c2F)cn1)C(=O)O)C(=O)O. The summed E-state index contributed by atoms with van der Waals surface area (Å²) in [4.78, 5) is 27.0. The van der Waals surface area contributed by atoms with Gasteiger partial charge in [0.1, 0.15) is 12.1 Å². The number of hydrogen-bond acceptors (Lipinski definition) is 4. The molecule has 0 saturated carbocycles. The van der Waals surface area contributed by atoms with Crippen molar-refractivity contribution in [2.24, 2.45) is 5.92 Å². The fourth-order valence-electron chi connectivity index (χ4n) is 2.85. The summed E-state index contributed by atoms with van der Waals surface area (Å²) in [6.07, 6.45) is 3.16. The number of hydrogen-bond donors (Lipinski definition) is 3. The fraction of sp³-hybridized carbons (Fsp3) is 0.421. The highest BCUT2D eigenvalue weighted by atomic mass is 19.2. The minimum absolute atomic E-state index is 0.0346. The van der Waals surface area contributed by atoms with Crippen LogP contribution in [0.15, 0.2) is 30.7 Å². The van der Waals surface area contributed by atoms with E-state index < -0.39 is 35.7 Å². The number of imidazole rings is 1. The van der Waals surface area contributed by atoms with Gasteiger partial charge >= 0.3 is 11.9 Å². The van der Waals surface area contributed by atoms with E-state index in [1.807, 2.05) is 13.8 Å². The molecule has 2 aromatic rings. The van der Waals surface area contributed by atoms with Crippen LogP contribution in [0.1, 0.15) is 31.5 Å². The molecule has 28 heavy (non-hydrogen) atoms. The molecule has 2 rings (SSSR count). The predicted molar refractivity (Wildman–Crippen MR) is 96.8 cm³/mol. The molecular weight excluding hydrogens is 372 g/mol. The summed E-state index contributed by atoms with van der Waals surface area (Å²) in [5, 5.41) is 21.4. The molecule has 3 N–H and O–H groups in total. The van der Waals surface area contributed by atoms with E-state index >= 15 is 0 Å². The molecule has 0 saturated heterocycles. The Morgan fingerprint density at radius 2 is 1.86 bits per heavy atom. The van der Waals surface area contributed by atoms with Crippen LogP contribution in [0.3, 0.4) is 0 Å². The summed E-state index contributed by atoms with van der Waals surface area (Å²) >= 11 is 0. The van der Waals surface area contributed by atoms with E-state index in [1.54, 1.807) is 0 Å². The molecule has 0 radical (unpaired) electrons. The van der Waals surface area contributed by atoms with E-state index in [9.17, 15) is 28.6 Å². The van der Waals surface area contributed by atoms with Crippen LogP contribution < -0.4 is 5.32 Å². The van der Waals surface area contributed by atoms with Crippen molar-refractivity contribution in [2.75, 3.05) is 0 Å². The molecule has 152 valence electrons. The highest BCUT2D eigenvalue weighted by molar-refractivity contribution is 5.77. The van der Waals surface area contributed by atoms with Crippen molar-refractivity contribution in [3.05, 3.63) is 53.6 Å². The number of carboxylic acids is 2. The van der Waals surface area contributed by atoms with Gasteiger partial charge in [-0.3, -0.25) is 14.9 Å². The van der Waals surface area contributed by atoms with E-state index in [4.69, 9.17) is 0 Å². The van der Waals surface area contributed by atoms with E-state index in [2.05, 4.69) is 10.3 Å². The van der Waals surface area contributed by atoms with Crippen LogP contribution in [0, 0.1) is 17.6 Å². The van der Waals surface area contributed by atoms with Gasteiger partial charge in [-0.25, -0.2) is 13.8 Å². The van der Waals surface area contributed by atoms with E-state index in [0.717, 1.165) is 6.07 Å². The monoisotopic (exact) mass is 395 g/mol. The minimum Gasteiger partial charge on any atom is -0.480 e. The van der Waals surface area contributed by atoms with Crippen LogP contribution in [0.25, 0.3) is 0 Å². The Kier molecular flexibility index (Phi) is 7.22. The second kappa shape index (κ2) is 9.41. The lowest BCUT2D eigenvalue weighted by molar-refractivity contribution is -0.142. The Morgan fingerprint density at radius 3 is 2.46 bits per heavy atom. The first-order chi connectivity index (χ1) is 13.2. The number of halogens is 2. The van der Waals surface area contributed by atoms with Crippen LogP contribution in [-0.2, 0) is 22.6 Å². The van der Waals surface area contributed by atoms with Gasteiger partial charge in [0.15, 0.2) is 11.6 Å². The lowest BCUT2D eigenvalue weighted by atomic mass is 10.0. The first-order valence-corrected chi connectivity index (χ1v) is 8.82. The minimum atomic E-state index is -1.19. The van der Waals surface area contributed by atoms with Gasteiger partial charge in [-0.15, -0.1) is 0 Å². The van der Waals surface area contributed by atoms with Crippen LogP contribution in [0.5, 0.6) is 0 Å². The van der Waals surface area contributed by atoms with Crippen molar-refractivity contribution in [1.29, 1.82) is 0 Å². The molecule has 0 aliphatic carbocycles. The smallest absolute Gasteiger partial charge is 0.321 e. The molecule has 1 unspecified atom stereocenters. The molecule has 0 bridgehead atoms. The van der Waals surface area contributed by atoms with Crippen LogP contribution in [-0.4, -0.2) is 43.8 Å². The molecule has 9 heteroatoms. The molecule has 1 aromatic heterocycles. The van der Waals surface area contributed by atoms with E-state index in [-0.39, 0.29) is 30.9 Å². The Hall–Kier alpha value is -2.81. The first-order valence-electron chi connectivity index (χ1n) is 8.82. The quantitative estimate of drug-likeness (QED) is 0.570. The van der Waals surface area contributed by atoms with Gasteiger partial charge in [-0.05, 0) is 18.4 Å². The number of aliphatic carboxylic acids is 2. The maximum Gasteiger partial charge on any atom is 0.321 e. The molecule has 0 spiro atoms. The number of nitrogens with one attached hydrogen (secondary N) is 1. The zero-order chi connectivity index (χ0) is 20.8. The van der Waals surface area contributed by atoms with Crippen LogP contribution in [0.4, 0.5) is 8.78 Å². The summed E-state index contributed by atoms with van der Waals surface area (Å²) in [5.74, 6) is -4.13. The standard InChI is InChI=1S/C19H23F2N3O4/c1-11(2)6-15(18(25)26)23-16(19(27)28)7-13-9-24(10-22-13)8-12-4-3-5-14(20)17(12)21/h3-5,9-11,15-16,23H,6-8H2,1-2H3,(H,25,26)(H,27,28)/t15?,16-/m0/s1. The number of carbonyl (C=O) groups is 2. The van der Waals surface area contributed by atoms with Gasteiger partial charge < -0.3 is 14.8 Å². The van der Waals surface area contributed by atoms with Crippen molar-refractivity contribution in [2.45, 2.75) is 45.3 Å². The lowest BCUT2D eigenvalue weighted by Crippen LogP contribution is -2.48. The summed E-state index contributed by atoms with van der Waals surface area (Å²) in [6, 6.07) is 1.73. The molecule has 0 aliphatic rings. The van der Waals surface area contributed by atoms with Crippen LogP contribution in [0.2, 0.25) is 0 Å². The Labute approximate surface area is 161 Å². The van der Waals surface area contributed by atoms with Crippen molar-refractivity contribution < 1.29 is 28.6 Å². The average Bonchev–Trinajstić information content (AvgIpc) is 3.04. The molecule has 0 fully saturated rings. The fourth-order valence-corrected chi connectivity index (χ4v) is 2.85. The van der Waals surface area contributed by atoms with Gasteiger partial charge in [-0.1, -0.05) is 26.0 Å². The topological polar surface area (TPSA) is 104 Å². The summed E-state index contributed by atoms with van der Waals surface area (Å²) in [7, 11) is 0. The van der Waals surface area contributed by atoms with Gasteiger partial charge in [-0.2, -0.15) is 0 Å². The predicted octanol–water partition coefficient (Wildman–Crippen LogP) is 2.29.